The molecule has 1 heterocycles. The highest BCUT2D eigenvalue weighted by atomic mass is 16.2. The minimum absolute atomic E-state index is 0.0149. The van der Waals surface area contributed by atoms with Crippen molar-refractivity contribution < 1.29 is 9.59 Å². The second kappa shape index (κ2) is 2.79. The molecule has 2 rings (SSSR count). The molecule has 4 heteroatoms. The molecule has 90 valence electrons. The van der Waals surface area contributed by atoms with Gasteiger partial charge in [-0.2, -0.15) is 0 Å². The fourth-order valence-corrected chi connectivity index (χ4v) is 3.31. The molecule has 2 aliphatic rings. The van der Waals surface area contributed by atoms with Crippen molar-refractivity contribution in [3.05, 3.63) is 0 Å². The van der Waals surface area contributed by atoms with Crippen molar-refractivity contribution in [3.63, 3.8) is 0 Å². The zero-order valence-corrected chi connectivity index (χ0v) is 10.9. The van der Waals surface area contributed by atoms with E-state index >= 15 is 0 Å². The molecule has 16 heavy (non-hydrogen) atoms. The molecule has 0 aromatic rings. The third-order valence-electron chi connectivity index (χ3n) is 5.10. The van der Waals surface area contributed by atoms with Gasteiger partial charge in [0.2, 0.25) is 5.91 Å². The number of imide groups is 1. The summed E-state index contributed by atoms with van der Waals surface area (Å²) in [5.74, 6) is -0.0902. The molecular weight excluding hydrogens is 204 g/mol. The van der Waals surface area contributed by atoms with Crippen LogP contribution in [0.2, 0.25) is 0 Å². The van der Waals surface area contributed by atoms with Gasteiger partial charge in [-0.3, -0.25) is 9.69 Å². The van der Waals surface area contributed by atoms with Gasteiger partial charge in [0.1, 0.15) is 0 Å². The van der Waals surface area contributed by atoms with Gasteiger partial charge in [-0.1, -0.05) is 27.7 Å². The van der Waals surface area contributed by atoms with Crippen molar-refractivity contribution >= 4 is 11.9 Å². The van der Waals surface area contributed by atoms with Crippen LogP contribution in [0.1, 0.15) is 27.7 Å². The smallest absolute Gasteiger partial charge is 0.323 e. The van der Waals surface area contributed by atoms with E-state index in [-0.39, 0.29) is 34.7 Å². The zero-order valence-electron chi connectivity index (χ0n) is 10.9. The molecule has 1 saturated heterocycles. The summed E-state index contributed by atoms with van der Waals surface area (Å²) in [7, 11) is 3.36. The van der Waals surface area contributed by atoms with E-state index in [1.54, 1.807) is 19.0 Å². The van der Waals surface area contributed by atoms with Crippen molar-refractivity contribution in [1.29, 1.82) is 0 Å². The lowest BCUT2D eigenvalue weighted by Gasteiger charge is -2.68. The van der Waals surface area contributed by atoms with E-state index in [2.05, 4.69) is 27.7 Å². The molecule has 3 amide bonds. The van der Waals surface area contributed by atoms with Crippen LogP contribution in [0.3, 0.4) is 0 Å². The molecule has 0 bridgehead atoms. The van der Waals surface area contributed by atoms with Gasteiger partial charge in [-0.05, 0) is 10.8 Å². The summed E-state index contributed by atoms with van der Waals surface area (Å²) in [6.07, 6.45) is 0. The average molecular weight is 224 g/mol. The second-order valence-corrected chi connectivity index (χ2v) is 6.16. The molecule has 2 fully saturated rings. The maximum Gasteiger partial charge on any atom is 0.326 e. The first-order valence-corrected chi connectivity index (χ1v) is 5.68. The standard InChI is InChI=1S/C12H20N2O2/c1-11(2)7-8(12(11,3)4)13(5)10(16)14(6)9(7)15/h7-8H,1-6H3/t7-,8-/m1/s1. The number of rotatable bonds is 0. The predicted molar refractivity (Wildman–Crippen MR) is 60.8 cm³/mol. The van der Waals surface area contributed by atoms with Gasteiger partial charge in [-0.15, -0.1) is 0 Å². The largest absolute Gasteiger partial charge is 0.326 e. The lowest BCUT2D eigenvalue weighted by molar-refractivity contribution is -0.197. The molecule has 1 saturated carbocycles. The van der Waals surface area contributed by atoms with Crippen LogP contribution in [0, 0.1) is 16.7 Å². The lowest BCUT2D eigenvalue weighted by Crippen LogP contribution is -2.77. The Morgan fingerprint density at radius 3 is 2.00 bits per heavy atom. The number of fused-ring (bicyclic) bond motifs is 1. The van der Waals surface area contributed by atoms with Gasteiger partial charge >= 0.3 is 6.03 Å². The SMILES string of the molecule is CN1C(=O)[C@H]2[C@@H](N(C)C1=O)C(C)(C)C2(C)C. The van der Waals surface area contributed by atoms with Crippen molar-refractivity contribution in [1.82, 2.24) is 9.80 Å². The third-order valence-corrected chi connectivity index (χ3v) is 5.10. The summed E-state index contributed by atoms with van der Waals surface area (Å²) < 4.78 is 0. The Kier molecular flexibility index (Phi) is 1.99. The molecule has 0 aromatic carbocycles. The van der Waals surface area contributed by atoms with Crippen LogP contribution in [0.25, 0.3) is 0 Å². The van der Waals surface area contributed by atoms with E-state index in [0.29, 0.717) is 0 Å². The lowest BCUT2D eigenvalue weighted by atomic mass is 9.42. The van der Waals surface area contributed by atoms with Gasteiger partial charge in [0.25, 0.3) is 0 Å². The molecule has 0 spiro atoms. The summed E-state index contributed by atoms with van der Waals surface area (Å²) in [6.45, 7) is 8.50. The number of hydrogen-bond donors (Lipinski definition) is 0. The highest BCUT2D eigenvalue weighted by Gasteiger charge is 2.69. The molecule has 0 radical (unpaired) electrons. The van der Waals surface area contributed by atoms with E-state index in [4.69, 9.17) is 0 Å². The minimum Gasteiger partial charge on any atom is -0.323 e. The van der Waals surface area contributed by atoms with E-state index in [9.17, 15) is 9.59 Å². The van der Waals surface area contributed by atoms with Gasteiger partial charge < -0.3 is 4.90 Å². The van der Waals surface area contributed by atoms with Crippen molar-refractivity contribution in [2.75, 3.05) is 14.1 Å². The summed E-state index contributed by atoms with van der Waals surface area (Å²) in [4.78, 5) is 26.9. The molecular formula is C12H20N2O2. The van der Waals surface area contributed by atoms with Gasteiger partial charge in [0, 0.05) is 14.1 Å². The summed E-state index contributed by atoms with van der Waals surface area (Å²) in [6, 6.07) is -0.145. The average Bonchev–Trinajstić information content (AvgIpc) is 2.19. The number of amides is 3. The molecule has 0 aromatic heterocycles. The number of carbonyl (C=O) groups is 2. The van der Waals surface area contributed by atoms with Crippen LogP contribution in [-0.2, 0) is 4.79 Å². The first-order valence-electron chi connectivity index (χ1n) is 5.68. The Morgan fingerprint density at radius 2 is 1.50 bits per heavy atom. The number of urea groups is 1. The van der Waals surface area contributed by atoms with Crippen molar-refractivity contribution in [2.24, 2.45) is 16.7 Å². The van der Waals surface area contributed by atoms with E-state index < -0.39 is 0 Å². The Hall–Kier alpha value is -1.06. The highest BCUT2D eigenvalue weighted by molar-refractivity contribution is 5.99. The molecule has 1 aliphatic heterocycles. The molecule has 0 N–H and O–H groups in total. The third kappa shape index (κ3) is 0.955. The van der Waals surface area contributed by atoms with Crippen LogP contribution in [-0.4, -0.2) is 41.9 Å². The van der Waals surface area contributed by atoms with Gasteiger partial charge in [0.15, 0.2) is 0 Å². The van der Waals surface area contributed by atoms with Crippen LogP contribution in [0.15, 0.2) is 0 Å². The van der Waals surface area contributed by atoms with E-state index in [1.165, 1.54) is 4.90 Å². The van der Waals surface area contributed by atoms with Crippen LogP contribution >= 0.6 is 0 Å². The molecule has 4 nitrogen and oxygen atoms in total. The highest BCUT2D eigenvalue weighted by Crippen LogP contribution is 2.63. The normalized spacial score (nSPS) is 35.9. The van der Waals surface area contributed by atoms with Crippen molar-refractivity contribution in [3.8, 4) is 0 Å². The fourth-order valence-electron chi connectivity index (χ4n) is 3.31. The second-order valence-electron chi connectivity index (χ2n) is 6.16. The summed E-state index contributed by atoms with van der Waals surface area (Å²) >= 11 is 0. The fraction of sp³-hybridized carbons (Fsp3) is 0.833. The molecule has 0 unspecified atom stereocenters. The van der Waals surface area contributed by atoms with Crippen molar-refractivity contribution in [2.45, 2.75) is 33.7 Å². The summed E-state index contributed by atoms with van der Waals surface area (Å²) in [5, 5.41) is 0. The van der Waals surface area contributed by atoms with Gasteiger partial charge in [0.05, 0.1) is 12.0 Å². The topological polar surface area (TPSA) is 40.6 Å². The Morgan fingerprint density at radius 1 is 1.00 bits per heavy atom. The zero-order chi connectivity index (χ0) is 12.5. The first-order chi connectivity index (χ1) is 7.14. The molecule has 2 atom stereocenters. The van der Waals surface area contributed by atoms with Crippen LogP contribution in [0.5, 0.6) is 0 Å². The number of nitrogens with zero attached hydrogens (tertiary/aromatic N) is 2. The summed E-state index contributed by atoms with van der Waals surface area (Å²) in [5.41, 5.74) is -0.0725. The quantitative estimate of drug-likeness (QED) is 0.626. The number of hydrogen-bond acceptors (Lipinski definition) is 2. The van der Waals surface area contributed by atoms with E-state index in [1.807, 2.05) is 0 Å². The van der Waals surface area contributed by atoms with Gasteiger partial charge in [-0.25, -0.2) is 4.79 Å². The Balaban J connectivity index is 2.44. The van der Waals surface area contributed by atoms with E-state index in [0.717, 1.165) is 0 Å². The molecule has 1 aliphatic carbocycles. The Labute approximate surface area is 96.6 Å². The Bertz CT molecular complexity index is 373. The maximum atomic E-state index is 12.1. The van der Waals surface area contributed by atoms with Crippen LogP contribution in [0.4, 0.5) is 4.79 Å². The monoisotopic (exact) mass is 224 g/mol. The minimum atomic E-state index is -0.185. The number of carbonyl (C=O) groups excluding carboxylic acids is 2. The maximum absolute atomic E-state index is 12.1. The van der Waals surface area contributed by atoms with Crippen LogP contribution < -0.4 is 0 Å². The first kappa shape index (κ1) is 11.4. The predicted octanol–water partition coefficient (Wildman–Crippen LogP) is 1.56.